The summed E-state index contributed by atoms with van der Waals surface area (Å²) in [5.74, 6) is 0.0178. The Morgan fingerprint density at radius 3 is 2.52 bits per heavy atom. The van der Waals surface area contributed by atoms with E-state index >= 15 is 0 Å². The number of nitrogens with zero attached hydrogens (tertiary/aromatic N) is 1. The lowest BCUT2D eigenvalue weighted by Gasteiger charge is -2.16. The van der Waals surface area contributed by atoms with E-state index in [2.05, 4.69) is 12.2 Å². The number of aryl methyl sites for hydroxylation is 1. The number of amides is 2. The molecule has 2 aromatic rings. The number of hydrogen-bond acceptors (Lipinski definition) is 2. The Kier molecular flexibility index (Phi) is 4.42. The fraction of sp³-hybridized carbons (Fsp3) is 0.263. The second kappa shape index (κ2) is 6.65. The Balaban J connectivity index is 1.74. The van der Waals surface area contributed by atoms with Crippen LogP contribution in [-0.4, -0.2) is 18.4 Å². The van der Waals surface area contributed by atoms with E-state index < -0.39 is 0 Å². The van der Waals surface area contributed by atoms with Gasteiger partial charge in [0.05, 0.1) is 0 Å². The first kappa shape index (κ1) is 15.3. The molecule has 4 nitrogen and oxygen atoms in total. The summed E-state index contributed by atoms with van der Waals surface area (Å²) in [5, 5.41) is 2.96. The molecule has 0 aliphatic carbocycles. The first-order valence-corrected chi connectivity index (χ1v) is 7.98. The van der Waals surface area contributed by atoms with Crippen LogP contribution in [0.15, 0.2) is 48.5 Å². The van der Waals surface area contributed by atoms with Crippen LogP contribution in [0.2, 0.25) is 0 Å². The third kappa shape index (κ3) is 3.26. The molecule has 1 saturated heterocycles. The molecule has 0 aromatic heterocycles. The first-order chi connectivity index (χ1) is 11.2. The Hall–Kier alpha value is -2.62. The molecule has 2 aromatic carbocycles. The zero-order valence-electron chi connectivity index (χ0n) is 13.2. The quantitative estimate of drug-likeness (QED) is 0.937. The zero-order valence-corrected chi connectivity index (χ0v) is 13.2. The molecule has 0 unspecified atom stereocenters. The SMILES string of the molecule is CCc1ccccc1NC(=O)c1ccc(N2CCCC2=O)cc1. The van der Waals surface area contributed by atoms with Gasteiger partial charge in [0.2, 0.25) is 5.91 Å². The molecule has 1 aliphatic rings. The summed E-state index contributed by atoms with van der Waals surface area (Å²) in [5.41, 5.74) is 3.41. The molecule has 1 heterocycles. The van der Waals surface area contributed by atoms with Crippen molar-refractivity contribution in [2.45, 2.75) is 26.2 Å². The van der Waals surface area contributed by atoms with Crippen molar-refractivity contribution in [3.8, 4) is 0 Å². The average Bonchev–Trinajstić information content (AvgIpc) is 3.01. The lowest BCUT2D eigenvalue weighted by Crippen LogP contribution is -2.23. The van der Waals surface area contributed by atoms with Gasteiger partial charge < -0.3 is 10.2 Å². The summed E-state index contributed by atoms with van der Waals surface area (Å²) in [7, 11) is 0. The van der Waals surface area contributed by atoms with Crippen molar-refractivity contribution in [3.63, 3.8) is 0 Å². The molecular formula is C19H20N2O2. The highest BCUT2D eigenvalue weighted by Crippen LogP contribution is 2.22. The molecule has 0 spiro atoms. The van der Waals surface area contributed by atoms with E-state index in [-0.39, 0.29) is 11.8 Å². The molecule has 1 fully saturated rings. The molecule has 1 aliphatic heterocycles. The molecule has 23 heavy (non-hydrogen) atoms. The number of nitrogens with one attached hydrogen (secondary N) is 1. The van der Waals surface area contributed by atoms with Crippen molar-refractivity contribution in [1.82, 2.24) is 0 Å². The van der Waals surface area contributed by atoms with E-state index in [1.165, 1.54) is 0 Å². The normalized spacial score (nSPS) is 14.1. The summed E-state index contributed by atoms with van der Waals surface area (Å²) < 4.78 is 0. The molecule has 2 amide bonds. The molecule has 4 heteroatoms. The minimum atomic E-state index is -0.134. The van der Waals surface area contributed by atoms with Crippen molar-refractivity contribution in [2.24, 2.45) is 0 Å². The predicted molar refractivity (Wildman–Crippen MR) is 91.8 cm³/mol. The molecule has 0 saturated carbocycles. The van der Waals surface area contributed by atoms with E-state index in [1.807, 2.05) is 36.4 Å². The smallest absolute Gasteiger partial charge is 0.255 e. The Morgan fingerprint density at radius 1 is 1.13 bits per heavy atom. The summed E-state index contributed by atoms with van der Waals surface area (Å²) in [6, 6.07) is 15.0. The number of benzene rings is 2. The van der Waals surface area contributed by atoms with Crippen molar-refractivity contribution in [2.75, 3.05) is 16.8 Å². The molecule has 0 radical (unpaired) electrons. The second-order valence-corrected chi connectivity index (χ2v) is 5.66. The maximum Gasteiger partial charge on any atom is 0.255 e. The highest BCUT2D eigenvalue weighted by Gasteiger charge is 2.21. The lowest BCUT2D eigenvalue weighted by molar-refractivity contribution is -0.117. The Morgan fingerprint density at radius 2 is 1.87 bits per heavy atom. The number of para-hydroxylation sites is 1. The van der Waals surface area contributed by atoms with Gasteiger partial charge in [-0.1, -0.05) is 25.1 Å². The van der Waals surface area contributed by atoms with Gasteiger partial charge in [-0.25, -0.2) is 0 Å². The van der Waals surface area contributed by atoms with Crippen LogP contribution in [0.4, 0.5) is 11.4 Å². The summed E-state index contributed by atoms with van der Waals surface area (Å²) >= 11 is 0. The fourth-order valence-electron chi connectivity index (χ4n) is 2.86. The number of hydrogen-bond donors (Lipinski definition) is 1. The Labute approximate surface area is 136 Å². The third-order valence-electron chi connectivity index (χ3n) is 4.16. The van der Waals surface area contributed by atoms with Crippen LogP contribution in [0.25, 0.3) is 0 Å². The van der Waals surface area contributed by atoms with Gasteiger partial charge in [0.15, 0.2) is 0 Å². The van der Waals surface area contributed by atoms with Crippen LogP contribution < -0.4 is 10.2 Å². The van der Waals surface area contributed by atoms with E-state index in [4.69, 9.17) is 0 Å². The van der Waals surface area contributed by atoms with E-state index in [0.29, 0.717) is 12.0 Å². The number of rotatable bonds is 4. The van der Waals surface area contributed by atoms with Gasteiger partial charge in [-0.05, 0) is 48.7 Å². The standard InChI is InChI=1S/C19H20N2O2/c1-2-14-6-3-4-7-17(14)20-19(23)15-9-11-16(12-10-15)21-13-5-8-18(21)22/h3-4,6-7,9-12H,2,5,8,13H2,1H3,(H,20,23). The molecular weight excluding hydrogens is 288 g/mol. The molecule has 3 rings (SSSR count). The number of carbonyl (C=O) groups is 2. The molecule has 0 bridgehead atoms. The predicted octanol–water partition coefficient (Wildman–Crippen LogP) is 3.63. The van der Waals surface area contributed by atoms with Gasteiger partial charge in [-0.3, -0.25) is 9.59 Å². The van der Waals surface area contributed by atoms with Crippen molar-refractivity contribution < 1.29 is 9.59 Å². The largest absolute Gasteiger partial charge is 0.322 e. The highest BCUT2D eigenvalue weighted by molar-refractivity contribution is 6.05. The fourth-order valence-corrected chi connectivity index (χ4v) is 2.86. The molecule has 118 valence electrons. The zero-order chi connectivity index (χ0) is 16.2. The van der Waals surface area contributed by atoms with Crippen LogP contribution in [0.1, 0.15) is 35.7 Å². The van der Waals surface area contributed by atoms with Gasteiger partial charge in [-0.15, -0.1) is 0 Å². The van der Waals surface area contributed by atoms with Crippen molar-refractivity contribution in [3.05, 3.63) is 59.7 Å². The number of anilines is 2. The van der Waals surface area contributed by atoms with Crippen LogP contribution in [0, 0.1) is 0 Å². The maximum atomic E-state index is 12.4. The minimum Gasteiger partial charge on any atom is -0.322 e. The van der Waals surface area contributed by atoms with Gasteiger partial charge in [0.1, 0.15) is 0 Å². The van der Waals surface area contributed by atoms with Crippen LogP contribution in [0.5, 0.6) is 0 Å². The van der Waals surface area contributed by atoms with Gasteiger partial charge in [0, 0.05) is 29.9 Å². The first-order valence-electron chi connectivity index (χ1n) is 7.98. The van der Waals surface area contributed by atoms with Crippen LogP contribution in [0.3, 0.4) is 0 Å². The van der Waals surface area contributed by atoms with Crippen LogP contribution >= 0.6 is 0 Å². The lowest BCUT2D eigenvalue weighted by atomic mass is 10.1. The van der Waals surface area contributed by atoms with Crippen molar-refractivity contribution in [1.29, 1.82) is 0 Å². The highest BCUT2D eigenvalue weighted by atomic mass is 16.2. The van der Waals surface area contributed by atoms with E-state index in [1.54, 1.807) is 17.0 Å². The number of carbonyl (C=O) groups excluding carboxylic acids is 2. The third-order valence-corrected chi connectivity index (χ3v) is 4.16. The Bertz CT molecular complexity index is 722. The van der Waals surface area contributed by atoms with E-state index in [0.717, 1.165) is 36.3 Å². The van der Waals surface area contributed by atoms with Gasteiger partial charge >= 0.3 is 0 Å². The van der Waals surface area contributed by atoms with Crippen molar-refractivity contribution >= 4 is 23.2 Å². The van der Waals surface area contributed by atoms with Gasteiger partial charge in [-0.2, -0.15) is 0 Å². The summed E-state index contributed by atoms with van der Waals surface area (Å²) in [6.07, 6.45) is 2.37. The van der Waals surface area contributed by atoms with Crippen LogP contribution in [-0.2, 0) is 11.2 Å². The molecule has 0 atom stereocenters. The van der Waals surface area contributed by atoms with E-state index in [9.17, 15) is 9.59 Å². The topological polar surface area (TPSA) is 49.4 Å². The monoisotopic (exact) mass is 308 g/mol. The summed E-state index contributed by atoms with van der Waals surface area (Å²) in [4.78, 5) is 25.9. The molecule has 1 N–H and O–H groups in total. The minimum absolute atomic E-state index is 0.134. The van der Waals surface area contributed by atoms with Gasteiger partial charge in [0.25, 0.3) is 5.91 Å². The maximum absolute atomic E-state index is 12.4. The average molecular weight is 308 g/mol. The summed E-state index contributed by atoms with van der Waals surface area (Å²) in [6.45, 7) is 2.82. The second-order valence-electron chi connectivity index (χ2n) is 5.66.